The Kier molecular flexibility index (Phi) is 7.40. The molecule has 6 rings (SSSR count). The summed E-state index contributed by atoms with van der Waals surface area (Å²) < 4.78 is 13.1. The molecule has 2 amide bonds. The molecule has 42 heavy (non-hydrogen) atoms. The first-order valence-electron chi connectivity index (χ1n) is 13.9. The number of anilines is 1. The van der Waals surface area contributed by atoms with Gasteiger partial charge in [-0.2, -0.15) is 5.10 Å². The number of thioether (sulfide) groups is 1. The lowest BCUT2D eigenvalue weighted by atomic mass is 9.87. The van der Waals surface area contributed by atoms with Crippen LogP contribution < -0.4 is 19.7 Å². The van der Waals surface area contributed by atoms with Crippen molar-refractivity contribution in [2.45, 2.75) is 44.9 Å². The molecular weight excluding hydrogens is 550 g/mol. The van der Waals surface area contributed by atoms with E-state index >= 15 is 0 Å². The number of fused-ring (bicyclic) bond motifs is 2. The maximum absolute atomic E-state index is 13.9. The van der Waals surface area contributed by atoms with Crippen molar-refractivity contribution >= 4 is 29.4 Å². The van der Waals surface area contributed by atoms with Crippen LogP contribution in [0.2, 0.25) is 0 Å². The van der Waals surface area contributed by atoms with Gasteiger partial charge in [0.15, 0.2) is 11.5 Å². The number of rotatable bonds is 6. The lowest BCUT2D eigenvalue weighted by Crippen LogP contribution is -2.42. The van der Waals surface area contributed by atoms with Crippen LogP contribution in [0.3, 0.4) is 0 Å². The Balaban J connectivity index is 1.49. The lowest BCUT2D eigenvalue weighted by molar-refractivity contribution is -0.123. The van der Waals surface area contributed by atoms with Gasteiger partial charge < -0.3 is 14.8 Å². The van der Waals surface area contributed by atoms with Crippen molar-refractivity contribution in [1.82, 2.24) is 20.1 Å². The largest absolute Gasteiger partial charge is 0.454 e. The number of ether oxygens (including phenoxy) is 2. The van der Waals surface area contributed by atoms with Crippen LogP contribution in [0.4, 0.5) is 5.82 Å². The summed E-state index contributed by atoms with van der Waals surface area (Å²) in [7, 11) is 0. The minimum absolute atomic E-state index is 0.137. The molecular formula is C32H33N5O4S. The second-order valence-corrected chi connectivity index (χ2v) is 12.6. The van der Waals surface area contributed by atoms with Gasteiger partial charge in [-0.1, -0.05) is 45.0 Å². The second-order valence-electron chi connectivity index (χ2n) is 11.5. The summed E-state index contributed by atoms with van der Waals surface area (Å²) in [5.41, 5.74) is 5.18. The molecule has 0 radical (unpaired) electrons. The Labute approximate surface area is 249 Å². The summed E-state index contributed by atoms with van der Waals surface area (Å²) in [6, 6.07) is 17.7. The highest BCUT2D eigenvalue weighted by Crippen LogP contribution is 2.49. The third-order valence-corrected chi connectivity index (χ3v) is 8.51. The van der Waals surface area contributed by atoms with Crippen LogP contribution in [0.1, 0.15) is 54.0 Å². The number of aromatic nitrogens is 3. The van der Waals surface area contributed by atoms with Gasteiger partial charge >= 0.3 is 0 Å². The normalized spacial score (nSPS) is 16.2. The van der Waals surface area contributed by atoms with E-state index in [-0.39, 0.29) is 41.6 Å². The third kappa shape index (κ3) is 5.46. The summed E-state index contributed by atoms with van der Waals surface area (Å²) in [4.78, 5) is 33.0. The molecule has 4 aromatic rings. The minimum Gasteiger partial charge on any atom is -0.454 e. The van der Waals surface area contributed by atoms with Crippen molar-refractivity contribution in [3.63, 3.8) is 0 Å². The highest BCUT2D eigenvalue weighted by molar-refractivity contribution is 8.00. The number of hydrogen-bond donors (Lipinski definition) is 1. The van der Waals surface area contributed by atoms with Crippen LogP contribution in [0, 0.1) is 6.92 Å². The third-order valence-electron chi connectivity index (χ3n) is 7.26. The van der Waals surface area contributed by atoms with Gasteiger partial charge in [-0.25, -0.2) is 4.68 Å². The molecule has 0 unspecified atom stereocenters. The predicted molar refractivity (Wildman–Crippen MR) is 162 cm³/mol. The first-order valence-corrected chi connectivity index (χ1v) is 14.9. The number of nitrogens with one attached hydrogen (secondary N) is 1. The van der Waals surface area contributed by atoms with Crippen molar-refractivity contribution in [3.05, 3.63) is 94.9 Å². The molecule has 2 aliphatic rings. The molecule has 2 aromatic heterocycles. The molecule has 0 fully saturated rings. The number of pyridine rings is 1. The van der Waals surface area contributed by atoms with Crippen molar-refractivity contribution in [3.8, 4) is 17.2 Å². The summed E-state index contributed by atoms with van der Waals surface area (Å²) >= 11 is 1.54. The molecule has 10 heteroatoms. The highest BCUT2D eigenvalue weighted by Gasteiger charge is 2.40. The zero-order valence-electron chi connectivity index (χ0n) is 24.1. The quantitative estimate of drug-likeness (QED) is 0.338. The zero-order chi connectivity index (χ0) is 29.4. The predicted octanol–water partition coefficient (Wildman–Crippen LogP) is 5.09. The van der Waals surface area contributed by atoms with Gasteiger partial charge in [0.25, 0.3) is 0 Å². The number of nitrogens with zero attached hydrogens (tertiary/aromatic N) is 4. The number of carbonyl (C=O) groups excluding carboxylic acids is 2. The Bertz CT molecular complexity index is 1650. The molecule has 0 spiro atoms. The van der Waals surface area contributed by atoms with Crippen LogP contribution in [0.25, 0.3) is 5.69 Å². The average molecular weight is 584 g/mol. The number of amides is 2. The number of carbonyl (C=O) groups is 2. The molecule has 2 aromatic carbocycles. The molecule has 1 atom stereocenters. The molecule has 0 bridgehead atoms. The van der Waals surface area contributed by atoms with Crippen LogP contribution in [-0.4, -0.2) is 45.7 Å². The van der Waals surface area contributed by atoms with E-state index in [2.05, 4.69) is 31.1 Å². The summed E-state index contributed by atoms with van der Waals surface area (Å²) in [6.45, 7) is 8.75. The molecule has 1 N–H and O–H groups in total. The van der Waals surface area contributed by atoms with Gasteiger partial charge in [-0.05, 0) is 53.9 Å². The molecule has 0 aliphatic carbocycles. The van der Waals surface area contributed by atoms with Gasteiger partial charge in [0.2, 0.25) is 18.6 Å². The number of aryl methyl sites for hydroxylation is 1. The number of hydrogen-bond acceptors (Lipinski definition) is 7. The highest BCUT2D eigenvalue weighted by atomic mass is 32.2. The minimum atomic E-state index is -0.351. The fourth-order valence-corrected chi connectivity index (χ4v) is 6.44. The first kappa shape index (κ1) is 27.8. The van der Waals surface area contributed by atoms with Crippen LogP contribution in [-0.2, 0) is 21.5 Å². The molecule has 0 saturated heterocycles. The summed E-state index contributed by atoms with van der Waals surface area (Å²) in [5, 5.41) is 7.89. The van der Waals surface area contributed by atoms with Gasteiger partial charge in [0.1, 0.15) is 12.4 Å². The van der Waals surface area contributed by atoms with E-state index in [9.17, 15) is 9.59 Å². The monoisotopic (exact) mass is 583 g/mol. The fourth-order valence-electron chi connectivity index (χ4n) is 5.26. The van der Waals surface area contributed by atoms with Crippen molar-refractivity contribution in [2.75, 3.05) is 24.0 Å². The van der Waals surface area contributed by atoms with Gasteiger partial charge in [0, 0.05) is 29.9 Å². The van der Waals surface area contributed by atoms with Crippen molar-refractivity contribution < 1.29 is 19.1 Å². The van der Waals surface area contributed by atoms with Gasteiger partial charge in [0.05, 0.1) is 22.4 Å². The zero-order valence-corrected chi connectivity index (χ0v) is 24.9. The van der Waals surface area contributed by atoms with Gasteiger partial charge in [-0.3, -0.25) is 19.5 Å². The Morgan fingerprint density at radius 2 is 1.93 bits per heavy atom. The average Bonchev–Trinajstić information content (AvgIpc) is 3.57. The van der Waals surface area contributed by atoms with E-state index in [1.54, 1.807) is 17.3 Å². The molecule has 216 valence electrons. The first-order chi connectivity index (χ1) is 20.2. The van der Waals surface area contributed by atoms with Crippen molar-refractivity contribution in [1.29, 1.82) is 0 Å². The maximum atomic E-state index is 13.9. The fraction of sp³-hybridized carbons (Fsp3) is 0.312. The molecule has 4 heterocycles. The molecule has 0 saturated carbocycles. The standard InChI is InChI=1S/C32H33N5O4S/c1-20-7-5-9-23(13-20)37-31-28(30(35-37)32(2,3)4)29(22-10-11-24-25(14-22)41-19-40-24)42-18-27(39)36(31)17-26(38)34-16-21-8-6-12-33-15-21/h5-15,29H,16-19H2,1-4H3,(H,34,38)/t29-/m1/s1. The summed E-state index contributed by atoms with van der Waals surface area (Å²) in [5.74, 6) is 1.77. The lowest BCUT2D eigenvalue weighted by Gasteiger charge is -2.24. The van der Waals surface area contributed by atoms with Gasteiger partial charge in [-0.15, -0.1) is 11.8 Å². The Morgan fingerprint density at radius 3 is 2.69 bits per heavy atom. The van der Waals surface area contributed by atoms with E-state index in [0.717, 1.165) is 33.6 Å². The number of benzene rings is 2. The van der Waals surface area contributed by atoms with Crippen LogP contribution >= 0.6 is 11.8 Å². The van der Waals surface area contributed by atoms with Crippen LogP contribution in [0.15, 0.2) is 67.0 Å². The SMILES string of the molecule is Cc1cccc(-n2nc(C(C)(C)C)c3c2N(CC(=O)NCc2cccnc2)C(=O)CS[C@@H]3c2ccc3c(c2)OCO3)c1. The topological polar surface area (TPSA) is 98.6 Å². The molecule has 2 aliphatic heterocycles. The smallest absolute Gasteiger partial charge is 0.240 e. The summed E-state index contributed by atoms with van der Waals surface area (Å²) in [6.07, 6.45) is 3.40. The van der Waals surface area contributed by atoms with E-state index < -0.39 is 0 Å². The van der Waals surface area contributed by atoms with E-state index in [4.69, 9.17) is 14.6 Å². The van der Waals surface area contributed by atoms with E-state index in [0.29, 0.717) is 23.9 Å². The molecule has 9 nitrogen and oxygen atoms in total. The van der Waals surface area contributed by atoms with Crippen LogP contribution in [0.5, 0.6) is 11.5 Å². The van der Waals surface area contributed by atoms with E-state index in [1.807, 2.05) is 66.2 Å². The van der Waals surface area contributed by atoms with E-state index in [1.165, 1.54) is 11.8 Å². The maximum Gasteiger partial charge on any atom is 0.240 e. The van der Waals surface area contributed by atoms with Crippen molar-refractivity contribution in [2.24, 2.45) is 0 Å². The Hall–Kier alpha value is -4.31. The second kappa shape index (κ2) is 11.2. The Morgan fingerprint density at radius 1 is 1.10 bits per heavy atom.